The predicted octanol–water partition coefficient (Wildman–Crippen LogP) is 0.988. The number of carbonyl (C=O) groups excluding carboxylic acids is 1. The highest BCUT2D eigenvalue weighted by molar-refractivity contribution is 7.89. The molecule has 0 fully saturated rings. The van der Waals surface area contributed by atoms with E-state index in [1.165, 1.54) is 58.0 Å². The molecular formula is C14H16N4O4S. The number of hydrogen-bond acceptors (Lipinski definition) is 6. The smallest absolute Gasteiger partial charge is 0.256 e. The van der Waals surface area contributed by atoms with E-state index in [0.29, 0.717) is 11.3 Å². The van der Waals surface area contributed by atoms with E-state index in [1.807, 2.05) is 0 Å². The van der Waals surface area contributed by atoms with Gasteiger partial charge in [-0.1, -0.05) is 0 Å². The van der Waals surface area contributed by atoms with Crippen LogP contribution in [0.1, 0.15) is 10.4 Å². The predicted molar refractivity (Wildman–Crippen MR) is 83.9 cm³/mol. The minimum atomic E-state index is -3.53. The third kappa shape index (κ3) is 3.63. The fourth-order valence-electron chi connectivity index (χ4n) is 1.73. The first-order chi connectivity index (χ1) is 10.9. The first kappa shape index (κ1) is 16.8. The minimum Gasteiger partial charge on any atom is -0.491 e. The Morgan fingerprint density at radius 3 is 2.43 bits per heavy atom. The van der Waals surface area contributed by atoms with Gasteiger partial charge in [0.1, 0.15) is 6.33 Å². The Bertz CT molecular complexity index is 804. The number of anilines is 1. The number of ether oxygens (including phenoxy) is 1. The standard InChI is InChI=1S/C14H16N4O4S/c1-18(2)23(20,21)11-6-4-10(5-7-11)14(19)17-13-12(22-3)8-15-9-16-13/h4-9H,1-3H3,(H,15,16,17,19). The fourth-order valence-corrected chi connectivity index (χ4v) is 2.63. The van der Waals surface area contributed by atoms with Gasteiger partial charge in [0.15, 0.2) is 11.6 Å². The topological polar surface area (TPSA) is 101 Å². The third-order valence-electron chi connectivity index (χ3n) is 3.03. The van der Waals surface area contributed by atoms with Crippen LogP contribution in [-0.4, -0.2) is 49.8 Å². The summed E-state index contributed by atoms with van der Waals surface area (Å²) in [6.07, 6.45) is 2.71. The van der Waals surface area contributed by atoms with Crippen molar-refractivity contribution in [3.05, 3.63) is 42.4 Å². The summed E-state index contributed by atoms with van der Waals surface area (Å²) in [6.45, 7) is 0. The van der Waals surface area contributed by atoms with Crippen LogP contribution in [0, 0.1) is 0 Å². The van der Waals surface area contributed by atoms with Crippen molar-refractivity contribution in [3.63, 3.8) is 0 Å². The quantitative estimate of drug-likeness (QED) is 0.873. The van der Waals surface area contributed by atoms with Gasteiger partial charge < -0.3 is 10.1 Å². The molecule has 0 aliphatic heterocycles. The van der Waals surface area contributed by atoms with E-state index in [1.54, 1.807) is 0 Å². The van der Waals surface area contributed by atoms with Crippen molar-refractivity contribution >= 4 is 21.7 Å². The zero-order valence-electron chi connectivity index (χ0n) is 12.8. The summed E-state index contributed by atoms with van der Waals surface area (Å²) in [4.78, 5) is 20.0. The van der Waals surface area contributed by atoms with Crippen LogP contribution in [0.5, 0.6) is 5.75 Å². The number of rotatable bonds is 5. The number of aromatic nitrogens is 2. The third-order valence-corrected chi connectivity index (χ3v) is 4.85. The van der Waals surface area contributed by atoms with Gasteiger partial charge in [-0.05, 0) is 24.3 Å². The van der Waals surface area contributed by atoms with E-state index in [-0.39, 0.29) is 10.7 Å². The van der Waals surface area contributed by atoms with Crippen LogP contribution >= 0.6 is 0 Å². The number of sulfonamides is 1. The lowest BCUT2D eigenvalue weighted by molar-refractivity contribution is 0.102. The van der Waals surface area contributed by atoms with E-state index >= 15 is 0 Å². The van der Waals surface area contributed by atoms with E-state index in [0.717, 1.165) is 4.31 Å². The molecular weight excluding hydrogens is 320 g/mol. The Labute approximate surface area is 134 Å². The maximum absolute atomic E-state index is 12.2. The number of amides is 1. The Morgan fingerprint density at radius 2 is 1.87 bits per heavy atom. The first-order valence-electron chi connectivity index (χ1n) is 6.54. The largest absolute Gasteiger partial charge is 0.491 e. The van der Waals surface area contributed by atoms with E-state index in [4.69, 9.17) is 4.74 Å². The molecule has 0 unspecified atom stereocenters. The van der Waals surface area contributed by atoms with Crippen molar-refractivity contribution < 1.29 is 17.9 Å². The Hall–Kier alpha value is -2.52. The van der Waals surface area contributed by atoms with Gasteiger partial charge in [0.05, 0.1) is 18.2 Å². The lowest BCUT2D eigenvalue weighted by Gasteiger charge is -2.12. The molecule has 1 aromatic heterocycles. The van der Waals surface area contributed by atoms with Crippen LogP contribution in [0.25, 0.3) is 0 Å². The second-order valence-corrected chi connectivity index (χ2v) is 6.86. The number of carbonyl (C=O) groups is 1. The molecule has 23 heavy (non-hydrogen) atoms. The Morgan fingerprint density at radius 1 is 1.22 bits per heavy atom. The second kappa shape index (κ2) is 6.71. The summed E-state index contributed by atoms with van der Waals surface area (Å²) >= 11 is 0. The molecule has 1 aromatic carbocycles. The summed E-state index contributed by atoms with van der Waals surface area (Å²) in [5, 5.41) is 2.58. The molecule has 1 N–H and O–H groups in total. The van der Waals surface area contributed by atoms with Crippen LogP contribution in [0.4, 0.5) is 5.82 Å². The molecule has 9 heteroatoms. The molecule has 0 aliphatic rings. The van der Waals surface area contributed by atoms with Crippen LogP contribution < -0.4 is 10.1 Å². The van der Waals surface area contributed by atoms with Gasteiger partial charge in [-0.25, -0.2) is 22.7 Å². The molecule has 1 heterocycles. The van der Waals surface area contributed by atoms with E-state index in [9.17, 15) is 13.2 Å². The molecule has 0 spiro atoms. The minimum absolute atomic E-state index is 0.110. The Balaban J connectivity index is 2.21. The number of benzene rings is 1. The lowest BCUT2D eigenvalue weighted by atomic mass is 10.2. The van der Waals surface area contributed by atoms with Crippen LogP contribution in [-0.2, 0) is 10.0 Å². The van der Waals surface area contributed by atoms with E-state index in [2.05, 4.69) is 15.3 Å². The van der Waals surface area contributed by atoms with Crippen molar-refractivity contribution in [2.24, 2.45) is 0 Å². The van der Waals surface area contributed by atoms with Gasteiger partial charge in [0, 0.05) is 19.7 Å². The average molecular weight is 336 g/mol. The molecule has 0 radical (unpaired) electrons. The molecule has 0 atom stereocenters. The molecule has 0 saturated carbocycles. The molecule has 122 valence electrons. The van der Waals surface area contributed by atoms with Crippen LogP contribution in [0.15, 0.2) is 41.7 Å². The highest BCUT2D eigenvalue weighted by atomic mass is 32.2. The number of nitrogens with zero attached hydrogens (tertiary/aromatic N) is 3. The zero-order chi connectivity index (χ0) is 17.0. The van der Waals surface area contributed by atoms with Gasteiger partial charge >= 0.3 is 0 Å². The average Bonchev–Trinajstić information content (AvgIpc) is 2.55. The molecule has 0 bridgehead atoms. The van der Waals surface area contributed by atoms with Gasteiger partial charge in [-0.2, -0.15) is 0 Å². The van der Waals surface area contributed by atoms with Crippen molar-refractivity contribution in [3.8, 4) is 5.75 Å². The lowest BCUT2D eigenvalue weighted by Crippen LogP contribution is -2.22. The zero-order valence-corrected chi connectivity index (χ0v) is 13.7. The number of methoxy groups -OCH3 is 1. The highest BCUT2D eigenvalue weighted by Gasteiger charge is 2.18. The molecule has 8 nitrogen and oxygen atoms in total. The highest BCUT2D eigenvalue weighted by Crippen LogP contribution is 2.20. The van der Waals surface area contributed by atoms with Gasteiger partial charge in [0.25, 0.3) is 5.91 Å². The van der Waals surface area contributed by atoms with Gasteiger partial charge in [-0.3, -0.25) is 4.79 Å². The van der Waals surface area contributed by atoms with Crippen molar-refractivity contribution in [1.29, 1.82) is 0 Å². The fraction of sp³-hybridized carbons (Fsp3) is 0.214. The SMILES string of the molecule is COc1cncnc1NC(=O)c1ccc(S(=O)(=O)N(C)C)cc1. The van der Waals surface area contributed by atoms with E-state index < -0.39 is 15.9 Å². The summed E-state index contributed by atoms with van der Waals surface area (Å²) in [7, 11) is 0.795. The summed E-state index contributed by atoms with van der Waals surface area (Å²) in [5.74, 6) is 0.126. The maximum Gasteiger partial charge on any atom is 0.256 e. The van der Waals surface area contributed by atoms with Crippen molar-refractivity contribution in [2.75, 3.05) is 26.5 Å². The molecule has 0 saturated heterocycles. The van der Waals surface area contributed by atoms with Crippen molar-refractivity contribution in [2.45, 2.75) is 4.90 Å². The van der Waals surface area contributed by atoms with Gasteiger partial charge in [-0.15, -0.1) is 0 Å². The summed E-state index contributed by atoms with van der Waals surface area (Å²) in [6, 6.07) is 5.61. The number of hydrogen-bond donors (Lipinski definition) is 1. The second-order valence-electron chi connectivity index (χ2n) is 4.71. The molecule has 1 amide bonds. The maximum atomic E-state index is 12.2. The molecule has 0 aliphatic carbocycles. The normalized spacial score (nSPS) is 11.3. The van der Waals surface area contributed by atoms with Crippen molar-refractivity contribution in [1.82, 2.24) is 14.3 Å². The Kier molecular flexibility index (Phi) is 4.92. The summed E-state index contributed by atoms with van der Waals surface area (Å²) in [5.41, 5.74) is 0.295. The molecule has 2 rings (SSSR count). The summed E-state index contributed by atoms with van der Waals surface area (Å²) < 4.78 is 30.1. The first-order valence-corrected chi connectivity index (χ1v) is 7.98. The van der Waals surface area contributed by atoms with Gasteiger partial charge in [0.2, 0.25) is 10.0 Å². The number of nitrogens with one attached hydrogen (secondary N) is 1. The van der Waals surface area contributed by atoms with Crippen LogP contribution in [0.2, 0.25) is 0 Å². The monoisotopic (exact) mass is 336 g/mol. The molecule has 2 aromatic rings. The van der Waals surface area contributed by atoms with Crippen LogP contribution in [0.3, 0.4) is 0 Å².